The van der Waals surface area contributed by atoms with Crippen LogP contribution in [0.15, 0.2) is 0 Å². The average Bonchev–Trinajstić information content (AvgIpc) is 2.15. The van der Waals surface area contributed by atoms with Gasteiger partial charge in [-0.2, -0.15) is 0 Å². The van der Waals surface area contributed by atoms with Crippen molar-refractivity contribution in [3.63, 3.8) is 0 Å². The van der Waals surface area contributed by atoms with E-state index < -0.39 is 17.9 Å². The van der Waals surface area contributed by atoms with E-state index in [1.54, 1.807) is 0 Å². The van der Waals surface area contributed by atoms with Crippen LogP contribution < -0.4 is 181 Å². The van der Waals surface area contributed by atoms with E-state index in [1.807, 2.05) is 0 Å². The number of hydrogen-bond acceptors (Lipinski definition) is 9. The van der Waals surface area contributed by atoms with Gasteiger partial charge in [0, 0.05) is 37.5 Å². The van der Waals surface area contributed by atoms with Crippen LogP contribution in [0.25, 0.3) is 0 Å². The molecule has 9 nitrogen and oxygen atoms in total. The fourth-order valence-electron chi connectivity index (χ4n) is 0.306. The smallest absolute Gasteiger partial charge is 0.550 e. The van der Waals surface area contributed by atoms with Crippen molar-refractivity contribution >= 4 is 17.9 Å². The molecule has 0 aliphatic carbocycles. The first kappa shape index (κ1) is 44.6. The molecule has 12 heteroatoms. The van der Waals surface area contributed by atoms with Crippen molar-refractivity contribution in [2.75, 3.05) is 26.2 Å². The molecule has 0 amide bonds. The van der Waals surface area contributed by atoms with Gasteiger partial charge in [0.15, 0.2) is 0 Å². The molecule has 0 bridgehead atoms. The first-order chi connectivity index (χ1) is 8.61. The van der Waals surface area contributed by atoms with Crippen LogP contribution in [0.2, 0.25) is 0 Å². The molecule has 0 aromatic rings. The number of carbonyl (C=O) groups is 3. The summed E-state index contributed by atoms with van der Waals surface area (Å²) in [4.78, 5) is 26.7. The Labute approximate surface area is 258 Å². The van der Waals surface area contributed by atoms with Gasteiger partial charge in [0.2, 0.25) is 0 Å². The van der Waals surface area contributed by atoms with Crippen molar-refractivity contribution in [1.82, 2.24) is 5.32 Å². The summed E-state index contributed by atoms with van der Waals surface area (Å²) in [6.07, 6.45) is 0. The Morgan fingerprint density at radius 3 is 1.23 bits per heavy atom. The van der Waals surface area contributed by atoms with Gasteiger partial charge in [0.25, 0.3) is 0 Å². The van der Waals surface area contributed by atoms with E-state index in [0.717, 1.165) is 27.3 Å². The largest absolute Gasteiger partial charge is 1.00 e. The monoisotopic (exact) mass is 398 g/mol. The summed E-state index contributed by atoms with van der Waals surface area (Å²) < 4.78 is 0. The predicted octanol–water partition coefficient (Wildman–Crippen LogP) is -14.2. The quantitative estimate of drug-likeness (QED) is 0.306. The number of carboxylic acids is 3. The third-order valence-corrected chi connectivity index (χ3v) is 0.610. The van der Waals surface area contributed by atoms with Crippen molar-refractivity contribution in [1.29, 1.82) is 0 Å². The zero-order chi connectivity index (χ0) is 16.3. The molecule has 22 heavy (non-hydrogen) atoms. The van der Waals surface area contributed by atoms with Gasteiger partial charge < -0.3 is 45.9 Å². The fraction of sp³-hybridized carbons (Fsp3) is 0.700. The summed E-state index contributed by atoms with van der Waals surface area (Å²) in [7, 11) is 0. The van der Waals surface area contributed by atoms with E-state index in [9.17, 15) is 0 Å². The first-order valence-corrected chi connectivity index (χ1v) is 5.16. The third-order valence-electron chi connectivity index (χ3n) is 0.610. The van der Waals surface area contributed by atoms with Crippen LogP contribution >= 0.6 is 0 Å². The van der Waals surface area contributed by atoms with Gasteiger partial charge in [-0.15, -0.1) is 0 Å². The van der Waals surface area contributed by atoms with Gasteiger partial charge in [-0.25, -0.2) is 0 Å². The molecule has 0 fully saturated rings. The van der Waals surface area contributed by atoms with Gasteiger partial charge in [0.05, 0.1) is 6.61 Å². The molecule has 0 atom stereocenters. The summed E-state index contributed by atoms with van der Waals surface area (Å²) in [5.41, 5.74) is 5.13. The minimum atomic E-state index is -1.08. The molecular weight excluding hydrogens is 377 g/mol. The Kier molecular flexibility index (Phi) is 89.2. The maximum Gasteiger partial charge on any atom is 1.00 e. The number of aliphatic carboxylic acids is 3. The van der Waals surface area contributed by atoms with Gasteiger partial charge in [-0.05, 0) is 20.8 Å². The number of carbonyl (C=O) groups excluding carboxylic acids is 3. The molecule has 4 N–H and O–H groups in total. The van der Waals surface area contributed by atoms with E-state index in [4.69, 9.17) is 40.5 Å². The molecule has 0 aromatic heterocycles. The minimum Gasteiger partial charge on any atom is -0.550 e. The van der Waals surface area contributed by atoms with Crippen molar-refractivity contribution in [2.45, 2.75) is 20.8 Å². The van der Waals surface area contributed by atoms with E-state index in [1.165, 1.54) is 0 Å². The minimum absolute atomic E-state index is 0. The molecule has 0 saturated heterocycles. The Hall–Kier alpha value is 3.20. The Balaban J connectivity index is -0.0000000270. The maximum absolute atomic E-state index is 8.89. The van der Waals surface area contributed by atoms with Crippen LogP contribution in [0.1, 0.15) is 20.8 Å². The molecule has 0 radical (unpaired) electrons. The Bertz CT molecular complexity index is 190. The van der Waals surface area contributed by atoms with E-state index in [0.29, 0.717) is 13.1 Å². The molecule has 0 spiro atoms. The molecule has 0 saturated carbocycles. The molecule has 0 unspecified atom stereocenters. The van der Waals surface area contributed by atoms with Gasteiger partial charge >= 0.3 is 154 Å². The van der Waals surface area contributed by atoms with Crippen LogP contribution in [0.3, 0.4) is 0 Å². The molecule has 116 valence electrons. The number of nitrogens with one attached hydrogen (secondary N) is 1. The molecule has 0 aromatic carbocycles. The summed E-state index contributed by atoms with van der Waals surface area (Å²) in [5, 5.41) is 37.8. The zero-order valence-corrected chi connectivity index (χ0v) is 23.7. The number of rotatable bonds is 4. The maximum atomic E-state index is 8.89. The number of nitrogens with two attached hydrogens (primary N) is 1. The van der Waals surface area contributed by atoms with Crippen LogP contribution in [0, 0.1) is 0 Å². The van der Waals surface area contributed by atoms with Crippen molar-refractivity contribution < 1.29 is 189 Å². The topological polar surface area (TPSA) is 179 Å². The van der Waals surface area contributed by atoms with Crippen LogP contribution in [-0.2, 0) is 14.4 Å². The molecule has 0 aliphatic rings. The van der Waals surface area contributed by atoms with E-state index in [2.05, 4.69) is 5.32 Å². The molecular formula is C10H21K3N2O7. The van der Waals surface area contributed by atoms with Crippen LogP contribution in [0.4, 0.5) is 0 Å². The van der Waals surface area contributed by atoms with Crippen molar-refractivity contribution in [3.05, 3.63) is 0 Å². The van der Waals surface area contributed by atoms with Gasteiger partial charge in [-0.1, -0.05) is 0 Å². The second-order valence-corrected chi connectivity index (χ2v) is 2.74. The second-order valence-electron chi connectivity index (χ2n) is 2.74. The number of hydrogen-bond donors (Lipinski definition) is 3. The molecule has 0 heterocycles. The third kappa shape index (κ3) is 221. The van der Waals surface area contributed by atoms with Crippen LogP contribution in [-0.4, -0.2) is 49.3 Å². The SMILES string of the molecule is CC(=O)[O-].CC(=O)[O-].CC(=O)[O-].NCCNCCO.[K+].[K+].[K+]. The Morgan fingerprint density at radius 2 is 1.09 bits per heavy atom. The van der Waals surface area contributed by atoms with Gasteiger partial charge in [0.1, 0.15) is 0 Å². The van der Waals surface area contributed by atoms with Crippen molar-refractivity contribution in [2.24, 2.45) is 5.73 Å². The number of carboxylic acid groups (broad SMARTS) is 3. The summed E-state index contributed by atoms with van der Waals surface area (Å²) >= 11 is 0. The molecule has 0 rings (SSSR count). The standard InChI is InChI=1S/C4H12N2O.3C2H4O2.3K/c5-1-2-6-3-4-7;3*1-2(3)4;;;/h6-7H,1-5H2;3*1H3,(H,3,4);;;/q;;;;3*+1/p-3. The number of aliphatic hydroxyl groups excluding tert-OH is 1. The van der Waals surface area contributed by atoms with E-state index in [-0.39, 0.29) is 161 Å². The fourth-order valence-corrected chi connectivity index (χ4v) is 0.306. The Morgan fingerprint density at radius 1 is 0.864 bits per heavy atom. The normalized spacial score (nSPS) is 6.41. The average molecular weight is 399 g/mol. The first-order valence-electron chi connectivity index (χ1n) is 5.16. The van der Waals surface area contributed by atoms with Gasteiger partial charge in [-0.3, -0.25) is 0 Å². The summed E-state index contributed by atoms with van der Waals surface area (Å²) in [6, 6.07) is 0. The second kappa shape index (κ2) is 44.0. The molecule has 0 aliphatic heterocycles. The summed E-state index contributed by atoms with van der Waals surface area (Å²) in [5.74, 6) is -3.25. The summed E-state index contributed by atoms with van der Waals surface area (Å²) in [6.45, 7) is 5.19. The predicted molar refractivity (Wildman–Crippen MR) is 61.1 cm³/mol. The zero-order valence-electron chi connectivity index (χ0n) is 14.3. The van der Waals surface area contributed by atoms with Crippen LogP contribution in [0.5, 0.6) is 0 Å². The number of aliphatic hydroxyl groups is 1. The van der Waals surface area contributed by atoms with Crippen molar-refractivity contribution in [3.8, 4) is 0 Å². The van der Waals surface area contributed by atoms with E-state index >= 15 is 0 Å².